The lowest BCUT2D eigenvalue weighted by molar-refractivity contribution is 0.0734. The minimum Gasteiger partial charge on any atom is -0.423 e. The highest BCUT2D eigenvalue weighted by molar-refractivity contribution is 5.90. The number of hydrogen-bond acceptors (Lipinski definition) is 2. The molecule has 0 atom stereocenters. The molecule has 0 unspecified atom stereocenters. The van der Waals surface area contributed by atoms with Gasteiger partial charge in [0, 0.05) is 0 Å². The second-order valence-corrected chi connectivity index (χ2v) is 6.57. The molecule has 0 N–H and O–H groups in total. The van der Waals surface area contributed by atoms with Crippen molar-refractivity contribution in [3.63, 3.8) is 0 Å². The molecule has 0 heterocycles. The predicted molar refractivity (Wildman–Crippen MR) is 97.4 cm³/mol. The molecular formula is C22H24O2. The minimum absolute atomic E-state index is 0.312. The monoisotopic (exact) mass is 320 g/mol. The van der Waals surface area contributed by atoms with Crippen LogP contribution >= 0.6 is 0 Å². The first-order chi connectivity index (χ1) is 11.8. The molecular weight excluding hydrogens is 296 g/mol. The summed E-state index contributed by atoms with van der Waals surface area (Å²) in [6.45, 7) is 3.85. The van der Waals surface area contributed by atoms with Gasteiger partial charge in [0.2, 0.25) is 0 Å². The standard InChI is InChI=1S/C22H24O2/c1-2-6-17-9-11-18(12-10-17)19-13-15-21(16-14-19)24-22(23)20-7-4-3-5-8-20/h2-5,7-8,13-18H,1,6,9-12H2. The van der Waals surface area contributed by atoms with Crippen LogP contribution in [0.1, 0.15) is 53.9 Å². The first kappa shape index (κ1) is 16.5. The number of ether oxygens (including phenoxy) is 1. The molecule has 0 spiro atoms. The zero-order valence-corrected chi connectivity index (χ0v) is 14.0. The van der Waals surface area contributed by atoms with Gasteiger partial charge >= 0.3 is 5.97 Å². The maximum atomic E-state index is 12.1. The van der Waals surface area contributed by atoms with Crippen molar-refractivity contribution in [2.45, 2.75) is 38.0 Å². The Hall–Kier alpha value is -2.35. The van der Waals surface area contributed by atoms with Crippen LogP contribution in [0.3, 0.4) is 0 Å². The SMILES string of the molecule is C=CCC1CCC(c2ccc(OC(=O)c3ccccc3)cc2)CC1. The van der Waals surface area contributed by atoms with Crippen molar-refractivity contribution in [3.8, 4) is 5.75 Å². The Morgan fingerprint density at radius 3 is 2.29 bits per heavy atom. The normalized spacial score (nSPS) is 20.3. The number of hydrogen-bond donors (Lipinski definition) is 0. The van der Waals surface area contributed by atoms with Crippen LogP contribution in [0.25, 0.3) is 0 Å². The Morgan fingerprint density at radius 1 is 1.00 bits per heavy atom. The van der Waals surface area contributed by atoms with E-state index in [9.17, 15) is 4.79 Å². The fourth-order valence-electron chi connectivity index (χ4n) is 3.52. The summed E-state index contributed by atoms with van der Waals surface area (Å²) in [6, 6.07) is 17.1. The molecule has 1 saturated carbocycles. The third kappa shape index (κ3) is 4.14. The fraction of sp³-hybridized carbons (Fsp3) is 0.318. The van der Waals surface area contributed by atoms with Crippen molar-refractivity contribution in [1.29, 1.82) is 0 Å². The molecule has 0 aliphatic heterocycles. The number of esters is 1. The van der Waals surface area contributed by atoms with Gasteiger partial charge in [0.1, 0.15) is 5.75 Å². The average Bonchev–Trinajstić information content (AvgIpc) is 2.64. The zero-order chi connectivity index (χ0) is 16.8. The van der Waals surface area contributed by atoms with Gasteiger partial charge in [-0.25, -0.2) is 4.79 Å². The molecule has 0 radical (unpaired) electrons. The lowest BCUT2D eigenvalue weighted by Crippen LogP contribution is -2.13. The van der Waals surface area contributed by atoms with Crippen LogP contribution in [-0.4, -0.2) is 5.97 Å². The highest BCUT2D eigenvalue weighted by Gasteiger charge is 2.21. The summed E-state index contributed by atoms with van der Waals surface area (Å²) in [5, 5.41) is 0. The summed E-state index contributed by atoms with van der Waals surface area (Å²) in [7, 11) is 0. The second kappa shape index (κ2) is 7.96. The topological polar surface area (TPSA) is 26.3 Å². The van der Waals surface area contributed by atoms with Crippen LogP contribution in [0.4, 0.5) is 0 Å². The van der Waals surface area contributed by atoms with E-state index in [1.807, 2.05) is 36.4 Å². The van der Waals surface area contributed by atoms with Crippen molar-refractivity contribution in [2.24, 2.45) is 5.92 Å². The quantitative estimate of drug-likeness (QED) is 0.398. The van der Waals surface area contributed by atoms with Crippen LogP contribution in [0.5, 0.6) is 5.75 Å². The summed E-state index contributed by atoms with van der Waals surface area (Å²) in [5.74, 6) is 1.73. The number of carbonyl (C=O) groups is 1. The first-order valence-corrected chi connectivity index (χ1v) is 8.74. The van der Waals surface area contributed by atoms with E-state index < -0.39 is 0 Å². The summed E-state index contributed by atoms with van der Waals surface area (Å²) >= 11 is 0. The summed E-state index contributed by atoms with van der Waals surface area (Å²) < 4.78 is 5.44. The molecule has 124 valence electrons. The van der Waals surface area contributed by atoms with E-state index in [0.717, 1.165) is 12.3 Å². The van der Waals surface area contributed by atoms with E-state index >= 15 is 0 Å². The van der Waals surface area contributed by atoms with Crippen molar-refractivity contribution < 1.29 is 9.53 Å². The molecule has 1 fully saturated rings. The van der Waals surface area contributed by atoms with Gasteiger partial charge in [0.25, 0.3) is 0 Å². The van der Waals surface area contributed by atoms with Crippen LogP contribution in [0.15, 0.2) is 67.3 Å². The zero-order valence-electron chi connectivity index (χ0n) is 14.0. The maximum Gasteiger partial charge on any atom is 0.343 e. The van der Waals surface area contributed by atoms with Crippen LogP contribution in [0.2, 0.25) is 0 Å². The van der Waals surface area contributed by atoms with Crippen LogP contribution in [0, 0.1) is 5.92 Å². The van der Waals surface area contributed by atoms with Crippen molar-refractivity contribution >= 4 is 5.97 Å². The van der Waals surface area contributed by atoms with Gasteiger partial charge in [0.15, 0.2) is 0 Å². The minimum atomic E-state index is -0.312. The molecule has 0 amide bonds. The van der Waals surface area contributed by atoms with Gasteiger partial charge in [-0.1, -0.05) is 36.4 Å². The molecule has 2 aromatic carbocycles. The Balaban J connectivity index is 1.58. The predicted octanol–water partition coefficient (Wildman–Crippen LogP) is 5.76. The molecule has 2 heteroatoms. The van der Waals surface area contributed by atoms with E-state index in [1.54, 1.807) is 12.1 Å². The highest BCUT2D eigenvalue weighted by Crippen LogP contribution is 2.37. The average molecular weight is 320 g/mol. The van der Waals surface area contributed by atoms with Crippen LogP contribution in [-0.2, 0) is 0 Å². The summed E-state index contributed by atoms with van der Waals surface area (Å²) in [6.07, 6.45) is 8.22. The van der Waals surface area contributed by atoms with Gasteiger partial charge in [-0.2, -0.15) is 0 Å². The molecule has 0 bridgehead atoms. The number of allylic oxidation sites excluding steroid dienone is 1. The molecule has 1 aliphatic carbocycles. The van der Waals surface area contributed by atoms with Gasteiger partial charge < -0.3 is 4.74 Å². The Morgan fingerprint density at radius 2 is 1.67 bits per heavy atom. The van der Waals surface area contributed by atoms with Gasteiger partial charge in [-0.15, -0.1) is 6.58 Å². The van der Waals surface area contributed by atoms with E-state index in [4.69, 9.17) is 4.74 Å². The molecule has 0 aromatic heterocycles. The third-order valence-corrected chi connectivity index (χ3v) is 4.92. The lowest BCUT2D eigenvalue weighted by Gasteiger charge is -2.28. The smallest absolute Gasteiger partial charge is 0.343 e. The second-order valence-electron chi connectivity index (χ2n) is 6.57. The third-order valence-electron chi connectivity index (χ3n) is 4.92. The van der Waals surface area contributed by atoms with Gasteiger partial charge in [-0.05, 0) is 73.8 Å². The van der Waals surface area contributed by atoms with E-state index in [-0.39, 0.29) is 5.97 Å². The summed E-state index contributed by atoms with van der Waals surface area (Å²) in [5.41, 5.74) is 1.92. The Labute approximate surface area is 144 Å². The first-order valence-electron chi connectivity index (χ1n) is 8.74. The lowest BCUT2D eigenvalue weighted by atomic mass is 9.77. The molecule has 2 aromatic rings. The molecule has 2 nitrogen and oxygen atoms in total. The fourth-order valence-corrected chi connectivity index (χ4v) is 3.52. The van der Waals surface area contributed by atoms with Crippen LogP contribution < -0.4 is 4.74 Å². The van der Waals surface area contributed by atoms with Crippen molar-refractivity contribution in [1.82, 2.24) is 0 Å². The number of rotatable bonds is 5. The van der Waals surface area contributed by atoms with E-state index in [2.05, 4.69) is 18.7 Å². The molecule has 24 heavy (non-hydrogen) atoms. The molecule has 0 saturated heterocycles. The maximum absolute atomic E-state index is 12.1. The van der Waals surface area contributed by atoms with E-state index in [0.29, 0.717) is 17.2 Å². The van der Waals surface area contributed by atoms with Gasteiger partial charge in [0.05, 0.1) is 5.56 Å². The molecule has 3 rings (SSSR count). The van der Waals surface area contributed by atoms with Gasteiger partial charge in [-0.3, -0.25) is 0 Å². The summed E-state index contributed by atoms with van der Waals surface area (Å²) in [4.78, 5) is 12.1. The highest BCUT2D eigenvalue weighted by atomic mass is 16.5. The largest absolute Gasteiger partial charge is 0.423 e. The van der Waals surface area contributed by atoms with E-state index in [1.165, 1.54) is 31.2 Å². The Bertz CT molecular complexity index is 665. The molecule has 1 aliphatic rings. The number of carbonyl (C=O) groups excluding carboxylic acids is 1. The van der Waals surface area contributed by atoms with Crippen molar-refractivity contribution in [2.75, 3.05) is 0 Å². The van der Waals surface area contributed by atoms with Crippen molar-refractivity contribution in [3.05, 3.63) is 78.4 Å². The number of benzene rings is 2. The Kier molecular flexibility index (Phi) is 5.47.